The second-order valence-electron chi connectivity index (χ2n) is 7.70. The van der Waals surface area contributed by atoms with Crippen LogP contribution in [0.4, 0.5) is 11.5 Å². The second-order valence-corrected chi connectivity index (χ2v) is 9.31. The van der Waals surface area contributed by atoms with Crippen LogP contribution in [0.5, 0.6) is 0 Å². The molecule has 1 aliphatic rings. The van der Waals surface area contributed by atoms with E-state index >= 15 is 0 Å². The molecule has 2 aromatic heterocycles. The predicted molar refractivity (Wildman–Crippen MR) is 123 cm³/mol. The Kier molecular flexibility index (Phi) is 6.38. The molecule has 1 saturated heterocycles. The van der Waals surface area contributed by atoms with Gasteiger partial charge in [-0.05, 0) is 31.0 Å². The van der Waals surface area contributed by atoms with E-state index in [0.29, 0.717) is 23.7 Å². The lowest BCUT2D eigenvalue weighted by molar-refractivity contribution is -0.384. The minimum atomic E-state index is -0.407. The second kappa shape index (κ2) is 9.04. The third-order valence-electron chi connectivity index (χ3n) is 5.53. The molecule has 1 fully saturated rings. The number of fused-ring (bicyclic) bond motifs is 1. The molecule has 0 atom stereocenters. The average molecular weight is 462 g/mol. The topological polar surface area (TPSA) is 84.6 Å². The molecule has 0 amide bonds. The highest BCUT2D eigenvalue weighted by molar-refractivity contribution is 7.18. The van der Waals surface area contributed by atoms with E-state index in [1.54, 1.807) is 17.4 Å². The lowest BCUT2D eigenvalue weighted by Crippen LogP contribution is -2.36. The summed E-state index contributed by atoms with van der Waals surface area (Å²) < 4.78 is 5.44. The Hall–Kier alpha value is -2.33. The quantitative estimate of drug-likeness (QED) is 0.398. The van der Waals surface area contributed by atoms with Gasteiger partial charge in [-0.1, -0.05) is 11.6 Å². The van der Waals surface area contributed by atoms with E-state index in [4.69, 9.17) is 26.3 Å². The van der Waals surface area contributed by atoms with E-state index in [1.807, 2.05) is 11.9 Å². The predicted octanol–water partition coefficient (Wildman–Crippen LogP) is 4.34. The van der Waals surface area contributed by atoms with E-state index < -0.39 is 4.92 Å². The third-order valence-corrected chi connectivity index (χ3v) is 7.00. The van der Waals surface area contributed by atoms with Crippen LogP contribution in [0.25, 0.3) is 10.2 Å². The summed E-state index contributed by atoms with van der Waals surface area (Å²) in [6.07, 6.45) is 0. The molecular formula is C21H24ClN5O3S. The number of aryl methyl sites for hydroxylation is 2. The van der Waals surface area contributed by atoms with Crippen LogP contribution in [0.15, 0.2) is 18.2 Å². The minimum absolute atomic E-state index is 0.0243. The van der Waals surface area contributed by atoms with Crippen LogP contribution in [0.2, 0.25) is 5.02 Å². The maximum absolute atomic E-state index is 11.2. The Morgan fingerprint density at radius 2 is 2.03 bits per heavy atom. The van der Waals surface area contributed by atoms with Crippen molar-refractivity contribution in [2.45, 2.75) is 26.9 Å². The number of halogens is 1. The number of thiophene rings is 1. The summed E-state index contributed by atoms with van der Waals surface area (Å²) in [6.45, 7) is 8.39. The van der Waals surface area contributed by atoms with Gasteiger partial charge in [0.25, 0.3) is 5.69 Å². The van der Waals surface area contributed by atoms with Crippen molar-refractivity contribution in [1.82, 2.24) is 14.9 Å². The molecule has 0 aliphatic carbocycles. The normalized spacial score (nSPS) is 14.8. The highest BCUT2D eigenvalue weighted by Crippen LogP contribution is 2.36. The molecule has 1 aliphatic heterocycles. The fraction of sp³-hybridized carbons (Fsp3) is 0.429. The largest absolute Gasteiger partial charge is 0.379 e. The van der Waals surface area contributed by atoms with Crippen LogP contribution in [-0.4, -0.2) is 53.1 Å². The van der Waals surface area contributed by atoms with Crippen molar-refractivity contribution in [2.24, 2.45) is 0 Å². The molecule has 3 heterocycles. The molecule has 0 N–H and O–H groups in total. The molecule has 0 saturated carbocycles. The molecule has 0 spiro atoms. The van der Waals surface area contributed by atoms with Gasteiger partial charge >= 0.3 is 0 Å². The standard InChI is InChI=1S/C21H24ClN5O3S/c1-13-14(2)31-21-19(13)20(23-18(24-21)12-26-6-8-30-9-7-26)25(3)11-15-10-16(27(28)29)4-5-17(15)22/h4-5,10H,6-9,11-12H2,1-3H3. The molecule has 10 heteroatoms. The zero-order valence-corrected chi connectivity index (χ0v) is 19.3. The number of nitro groups is 1. The van der Waals surface area contributed by atoms with Crippen molar-refractivity contribution in [3.8, 4) is 0 Å². The fourth-order valence-corrected chi connectivity index (χ4v) is 4.92. The number of hydrogen-bond acceptors (Lipinski definition) is 8. The summed E-state index contributed by atoms with van der Waals surface area (Å²) in [5.74, 6) is 1.58. The maximum Gasteiger partial charge on any atom is 0.269 e. The number of aromatic nitrogens is 2. The van der Waals surface area contributed by atoms with E-state index in [9.17, 15) is 10.1 Å². The Balaban J connectivity index is 1.71. The van der Waals surface area contributed by atoms with Gasteiger partial charge in [0, 0.05) is 48.7 Å². The minimum Gasteiger partial charge on any atom is -0.379 e. The number of nitrogens with zero attached hydrogens (tertiary/aromatic N) is 5. The first-order valence-electron chi connectivity index (χ1n) is 10.0. The van der Waals surface area contributed by atoms with E-state index in [0.717, 1.165) is 53.7 Å². The molecule has 164 valence electrons. The number of morpholine rings is 1. The zero-order chi connectivity index (χ0) is 22.1. The number of nitro benzene ring substituents is 1. The van der Waals surface area contributed by atoms with Crippen molar-refractivity contribution in [2.75, 3.05) is 38.3 Å². The van der Waals surface area contributed by atoms with E-state index in [1.165, 1.54) is 17.0 Å². The van der Waals surface area contributed by atoms with Crippen molar-refractivity contribution in [3.05, 3.63) is 55.2 Å². The smallest absolute Gasteiger partial charge is 0.269 e. The van der Waals surface area contributed by atoms with Gasteiger partial charge in [0.15, 0.2) is 0 Å². The Morgan fingerprint density at radius 1 is 1.29 bits per heavy atom. The first-order valence-corrected chi connectivity index (χ1v) is 11.2. The van der Waals surface area contributed by atoms with Crippen LogP contribution in [0, 0.1) is 24.0 Å². The first-order chi connectivity index (χ1) is 14.8. The molecule has 3 aromatic rings. The number of anilines is 1. The fourth-order valence-electron chi connectivity index (χ4n) is 3.70. The Labute approximate surface area is 189 Å². The van der Waals surface area contributed by atoms with Crippen LogP contribution in [0.3, 0.4) is 0 Å². The monoisotopic (exact) mass is 461 g/mol. The van der Waals surface area contributed by atoms with Crippen molar-refractivity contribution < 1.29 is 9.66 Å². The van der Waals surface area contributed by atoms with Crippen LogP contribution in [-0.2, 0) is 17.8 Å². The number of hydrogen-bond donors (Lipinski definition) is 0. The SMILES string of the molecule is Cc1sc2nc(CN3CCOCC3)nc(N(C)Cc3cc([N+](=O)[O-])ccc3Cl)c2c1C. The summed E-state index contributed by atoms with van der Waals surface area (Å²) in [6, 6.07) is 4.52. The van der Waals surface area contributed by atoms with Crippen LogP contribution < -0.4 is 4.90 Å². The molecule has 1 aromatic carbocycles. The number of rotatable bonds is 6. The lowest BCUT2D eigenvalue weighted by Gasteiger charge is -2.26. The van der Waals surface area contributed by atoms with Gasteiger partial charge in [0.1, 0.15) is 16.5 Å². The molecule has 0 radical (unpaired) electrons. The maximum atomic E-state index is 11.2. The van der Waals surface area contributed by atoms with Crippen molar-refractivity contribution in [1.29, 1.82) is 0 Å². The molecule has 8 nitrogen and oxygen atoms in total. The highest BCUT2D eigenvalue weighted by Gasteiger charge is 2.21. The molecule has 0 bridgehead atoms. The summed E-state index contributed by atoms with van der Waals surface area (Å²) >= 11 is 8.01. The van der Waals surface area contributed by atoms with Gasteiger partial charge in [0.05, 0.1) is 30.1 Å². The summed E-state index contributed by atoms with van der Waals surface area (Å²) in [4.78, 5) is 27.0. The molecular weight excluding hydrogens is 438 g/mol. The highest BCUT2D eigenvalue weighted by atomic mass is 35.5. The van der Waals surface area contributed by atoms with Gasteiger partial charge in [-0.2, -0.15) is 0 Å². The summed E-state index contributed by atoms with van der Waals surface area (Å²) in [5.41, 5.74) is 1.87. The van der Waals surface area contributed by atoms with Gasteiger partial charge < -0.3 is 9.64 Å². The number of ether oxygens (including phenoxy) is 1. The number of benzene rings is 1. The molecule has 31 heavy (non-hydrogen) atoms. The zero-order valence-electron chi connectivity index (χ0n) is 17.7. The lowest BCUT2D eigenvalue weighted by atomic mass is 10.1. The first kappa shape index (κ1) is 21.9. The third kappa shape index (κ3) is 4.64. The van der Waals surface area contributed by atoms with Crippen molar-refractivity contribution >= 4 is 44.7 Å². The average Bonchev–Trinajstić information content (AvgIpc) is 3.03. The molecule has 0 unspecified atom stereocenters. The summed E-state index contributed by atoms with van der Waals surface area (Å²) in [7, 11) is 1.93. The summed E-state index contributed by atoms with van der Waals surface area (Å²) in [5, 5.41) is 12.7. The Bertz CT molecular complexity index is 1130. The van der Waals surface area contributed by atoms with Gasteiger partial charge in [-0.3, -0.25) is 15.0 Å². The van der Waals surface area contributed by atoms with E-state index in [2.05, 4.69) is 18.7 Å². The Morgan fingerprint density at radius 3 is 2.74 bits per heavy atom. The number of non-ortho nitro benzene ring substituents is 1. The van der Waals surface area contributed by atoms with Gasteiger partial charge in [-0.15, -0.1) is 11.3 Å². The van der Waals surface area contributed by atoms with Crippen molar-refractivity contribution in [3.63, 3.8) is 0 Å². The van der Waals surface area contributed by atoms with Crippen LogP contribution in [0.1, 0.15) is 21.8 Å². The van der Waals surface area contributed by atoms with Gasteiger partial charge in [0.2, 0.25) is 0 Å². The van der Waals surface area contributed by atoms with Gasteiger partial charge in [-0.25, -0.2) is 9.97 Å². The van der Waals surface area contributed by atoms with Crippen LogP contribution >= 0.6 is 22.9 Å². The molecule has 4 rings (SSSR count). The van der Waals surface area contributed by atoms with E-state index in [-0.39, 0.29) is 5.69 Å².